The number of unbranched alkanes of at least 4 members (excludes halogenated alkanes) is 23. The van der Waals surface area contributed by atoms with Gasteiger partial charge in [0.05, 0.1) is 19.8 Å². The number of carbonyl (C=O) groups excluding carboxylic acids is 3. The van der Waals surface area contributed by atoms with E-state index in [1.165, 1.54) is 96.3 Å². The monoisotopic (exact) mass is 979 g/mol. The van der Waals surface area contributed by atoms with Crippen molar-refractivity contribution in [2.75, 3.05) is 26.4 Å². The summed E-state index contributed by atoms with van der Waals surface area (Å²) in [5, 5.41) is 9.78. The summed E-state index contributed by atoms with van der Waals surface area (Å²) in [6.07, 6.45) is 53.5. The van der Waals surface area contributed by atoms with Gasteiger partial charge in [0.1, 0.15) is 12.7 Å². The zero-order chi connectivity index (χ0) is 49.9. The molecule has 0 fully saturated rings. The van der Waals surface area contributed by atoms with E-state index in [2.05, 4.69) is 69.4 Å². The zero-order valence-corrected chi connectivity index (χ0v) is 44.2. The Balaban J connectivity index is 4.79. The van der Waals surface area contributed by atoms with E-state index in [4.69, 9.17) is 23.3 Å². The van der Waals surface area contributed by atoms with Gasteiger partial charge in [-0.2, -0.15) is 0 Å². The lowest BCUT2D eigenvalue weighted by molar-refractivity contribution is -0.161. The predicted octanol–water partition coefficient (Wildman–Crippen LogP) is 15.6. The smallest absolute Gasteiger partial charge is 0.462 e. The van der Waals surface area contributed by atoms with E-state index in [-0.39, 0.29) is 25.9 Å². The van der Waals surface area contributed by atoms with Gasteiger partial charge in [-0.15, -0.1) is 0 Å². The molecular weight excluding hydrogens is 880 g/mol. The minimum Gasteiger partial charge on any atom is -0.462 e. The van der Waals surface area contributed by atoms with Crippen molar-refractivity contribution in [3.63, 3.8) is 0 Å². The van der Waals surface area contributed by atoms with Crippen LogP contribution in [0.5, 0.6) is 0 Å². The van der Waals surface area contributed by atoms with Crippen molar-refractivity contribution in [2.24, 2.45) is 0 Å². The molecule has 0 radical (unpaired) electrons. The highest BCUT2D eigenvalue weighted by Gasteiger charge is 2.28. The fourth-order valence-corrected chi connectivity index (χ4v) is 8.09. The van der Waals surface area contributed by atoms with Gasteiger partial charge in [-0.05, 0) is 70.6 Å². The number of hydrogen-bond acceptors (Lipinski definition) is 10. The first-order valence-corrected chi connectivity index (χ1v) is 28.7. The molecule has 0 spiro atoms. The topological polar surface area (TPSA) is 155 Å². The van der Waals surface area contributed by atoms with Crippen LogP contribution < -0.4 is 0 Å². The average molecular weight is 979 g/mol. The number of esters is 3. The molecular formula is C56H99O11P. The summed E-state index contributed by atoms with van der Waals surface area (Å²) in [6, 6.07) is 0. The SMILES string of the molecule is CC/C=C\C/C=C\C/C=C\C/C=C\CCC(=O)OC(COC(=O)CCCCCCC/C=C\CCCCCCCC)COP(=O)(O)OCC(CO)OC(=O)CCCCCCCCCCCCCCC. The minimum absolute atomic E-state index is 0.0454. The number of carbonyl (C=O) groups is 3. The van der Waals surface area contributed by atoms with Gasteiger partial charge in [-0.25, -0.2) is 4.57 Å². The van der Waals surface area contributed by atoms with Crippen molar-refractivity contribution in [1.29, 1.82) is 0 Å². The van der Waals surface area contributed by atoms with E-state index in [1.807, 2.05) is 12.2 Å². The Bertz CT molecular complexity index is 1370. The molecule has 3 unspecified atom stereocenters. The Morgan fingerprint density at radius 3 is 1.26 bits per heavy atom. The van der Waals surface area contributed by atoms with Gasteiger partial charge in [0.25, 0.3) is 0 Å². The summed E-state index contributed by atoms with van der Waals surface area (Å²) in [5.41, 5.74) is 0. The summed E-state index contributed by atoms with van der Waals surface area (Å²) in [7, 11) is -4.76. The molecule has 68 heavy (non-hydrogen) atoms. The van der Waals surface area contributed by atoms with Gasteiger partial charge in [0, 0.05) is 19.3 Å². The van der Waals surface area contributed by atoms with Gasteiger partial charge in [-0.3, -0.25) is 23.4 Å². The molecule has 0 heterocycles. The van der Waals surface area contributed by atoms with E-state index in [0.29, 0.717) is 19.3 Å². The Hall–Kier alpha value is -2.82. The first kappa shape index (κ1) is 65.2. The van der Waals surface area contributed by atoms with Crippen molar-refractivity contribution in [2.45, 2.75) is 251 Å². The molecule has 0 aromatic rings. The highest BCUT2D eigenvalue weighted by Crippen LogP contribution is 2.43. The van der Waals surface area contributed by atoms with Crippen molar-refractivity contribution in [3.8, 4) is 0 Å². The number of aliphatic hydroxyl groups is 1. The van der Waals surface area contributed by atoms with E-state index in [1.54, 1.807) is 0 Å². The molecule has 0 aliphatic rings. The number of ether oxygens (including phenoxy) is 3. The van der Waals surface area contributed by atoms with Crippen LogP contribution in [0, 0.1) is 0 Å². The molecule has 2 N–H and O–H groups in total. The van der Waals surface area contributed by atoms with Crippen LogP contribution in [-0.4, -0.2) is 66.5 Å². The maximum atomic E-state index is 12.9. The standard InChI is InChI=1S/C56H99O11P/c1-4-7-10-13-16-19-22-25-26-29-30-33-36-39-42-45-54(58)63-49-53(67-56(60)47-44-41-38-35-32-28-24-21-18-15-12-9-6-3)51-65-68(61,62)64-50-52(48-57)66-55(59)46-43-40-37-34-31-27-23-20-17-14-11-8-5-2/h9,12,18,21,25-26,28,32,38,41,52-53,57H,4-8,10-11,13-17,19-20,22-24,27,29-31,33-37,39-40,42-51H2,1-3H3,(H,61,62)/b12-9-,21-18-,26-25-,32-28-,41-38-. The fourth-order valence-electron chi connectivity index (χ4n) is 7.31. The molecule has 0 saturated carbocycles. The van der Waals surface area contributed by atoms with Crippen molar-refractivity contribution in [1.82, 2.24) is 0 Å². The average Bonchev–Trinajstić information content (AvgIpc) is 3.32. The minimum atomic E-state index is -4.76. The number of phosphoric acid groups is 1. The highest BCUT2D eigenvalue weighted by molar-refractivity contribution is 7.47. The third-order valence-corrected chi connectivity index (χ3v) is 12.4. The van der Waals surface area contributed by atoms with Crippen molar-refractivity contribution >= 4 is 25.7 Å². The molecule has 0 amide bonds. The number of allylic oxidation sites excluding steroid dienone is 10. The van der Waals surface area contributed by atoms with Crippen LogP contribution in [0.2, 0.25) is 0 Å². The number of phosphoric ester groups is 1. The van der Waals surface area contributed by atoms with Gasteiger partial charge in [-0.1, -0.05) is 210 Å². The maximum Gasteiger partial charge on any atom is 0.472 e. The van der Waals surface area contributed by atoms with Gasteiger partial charge >= 0.3 is 25.7 Å². The molecule has 394 valence electrons. The number of hydrogen-bond donors (Lipinski definition) is 2. The first-order chi connectivity index (χ1) is 33.2. The lowest BCUT2D eigenvalue weighted by Crippen LogP contribution is -2.30. The van der Waals surface area contributed by atoms with Crippen molar-refractivity contribution < 1.29 is 52.2 Å². The Morgan fingerprint density at radius 2 is 0.794 bits per heavy atom. The molecule has 0 saturated heterocycles. The van der Waals surface area contributed by atoms with E-state index in [0.717, 1.165) is 83.5 Å². The zero-order valence-electron chi connectivity index (χ0n) is 43.3. The van der Waals surface area contributed by atoms with Crippen LogP contribution in [0.1, 0.15) is 239 Å². The highest BCUT2D eigenvalue weighted by atomic mass is 31.2. The van der Waals surface area contributed by atoms with Gasteiger partial charge in [0.2, 0.25) is 0 Å². The molecule has 0 aromatic heterocycles. The lowest BCUT2D eigenvalue weighted by Gasteiger charge is -2.21. The number of rotatable bonds is 50. The molecule has 0 bridgehead atoms. The summed E-state index contributed by atoms with van der Waals surface area (Å²) in [4.78, 5) is 48.3. The maximum absolute atomic E-state index is 12.9. The third-order valence-electron chi connectivity index (χ3n) is 11.4. The second kappa shape index (κ2) is 50.6. The Kier molecular flexibility index (Phi) is 48.5. The molecule has 11 nitrogen and oxygen atoms in total. The molecule has 12 heteroatoms. The van der Waals surface area contributed by atoms with E-state index >= 15 is 0 Å². The third kappa shape index (κ3) is 48.2. The van der Waals surface area contributed by atoms with Crippen LogP contribution in [-0.2, 0) is 42.2 Å². The number of aliphatic hydroxyl groups excluding tert-OH is 1. The Labute approximate surface area is 415 Å². The van der Waals surface area contributed by atoms with E-state index < -0.39 is 57.8 Å². The molecule has 0 aliphatic carbocycles. The summed E-state index contributed by atoms with van der Waals surface area (Å²) in [6.45, 7) is 4.43. The molecule has 0 aromatic carbocycles. The van der Waals surface area contributed by atoms with E-state index in [9.17, 15) is 28.9 Å². The second-order valence-electron chi connectivity index (χ2n) is 18.0. The molecule has 3 atom stereocenters. The summed E-state index contributed by atoms with van der Waals surface area (Å²) < 4.78 is 39.3. The lowest BCUT2D eigenvalue weighted by atomic mass is 10.0. The molecule has 0 rings (SSSR count). The van der Waals surface area contributed by atoms with Crippen molar-refractivity contribution in [3.05, 3.63) is 60.8 Å². The van der Waals surface area contributed by atoms with Crippen LogP contribution >= 0.6 is 7.82 Å². The van der Waals surface area contributed by atoms with Gasteiger partial charge < -0.3 is 24.2 Å². The fraction of sp³-hybridized carbons (Fsp3) is 0.768. The summed E-state index contributed by atoms with van der Waals surface area (Å²) >= 11 is 0. The predicted molar refractivity (Wildman–Crippen MR) is 279 cm³/mol. The summed E-state index contributed by atoms with van der Waals surface area (Å²) in [5.74, 6) is -1.57. The van der Waals surface area contributed by atoms with Crippen LogP contribution in [0.3, 0.4) is 0 Å². The van der Waals surface area contributed by atoms with Crippen LogP contribution in [0.4, 0.5) is 0 Å². The quantitative estimate of drug-likeness (QED) is 0.0197. The second-order valence-corrected chi connectivity index (χ2v) is 19.5. The first-order valence-electron chi connectivity index (χ1n) is 27.2. The normalized spacial score (nSPS) is 13.9. The Morgan fingerprint density at radius 1 is 0.426 bits per heavy atom. The van der Waals surface area contributed by atoms with Gasteiger partial charge in [0.15, 0.2) is 6.10 Å². The van der Waals surface area contributed by atoms with Crippen LogP contribution in [0.25, 0.3) is 0 Å². The van der Waals surface area contributed by atoms with Crippen LogP contribution in [0.15, 0.2) is 60.8 Å². The molecule has 0 aliphatic heterocycles. The largest absolute Gasteiger partial charge is 0.472 e.